The lowest BCUT2D eigenvalue weighted by Crippen LogP contribution is -2.35. The van der Waals surface area contributed by atoms with Gasteiger partial charge in [-0.3, -0.25) is 0 Å². The lowest BCUT2D eigenvalue weighted by atomic mass is 10.0. The van der Waals surface area contributed by atoms with Crippen LogP contribution in [0.2, 0.25) is 0 Å². The highest BCUT2D eigenvalue weighted by atomic mass is 15.2. The zero-order chi connectivity index (χ0) is 14.5. The largest absolute Gasteiger partial charge is 0.312 e. The molecular formula is C17H29N3. The van der Waals surface area contributed by atoms with Gasteiger partial charge in [0.05, 0.1) is 0 Å². The minimum atomic E-state index is 0.417. The summed E-state index contributed by atoms with van der Waals surface area (Å²) < 4.78 is 0. The number of benzene rings is 1. The highest BCUT2D eigenvalue weighted by Gasteiger charge is 2.22. The van der Waals surface area contributed by atoms with Crippen molar-refractivity contribution >= 4 is 0 Å². The minimum Gasteiger partial charge on any atom is -0.312 e. The van der Waals surface area contributed by atoms with Gasteiger partial charge in [-0.15, -0.1) is 0 Å². The van der Waals surface area contributed by atoms with Gasteiger partial charge in [-0.25, -0.2) is 0 Å². The van der Waals surface area contributed by atoms with Crippen LogP contribution in [0.5, 0.6) is 0 Å². The van der Waals surface area contributed by atoms with E-state index in [9.17, 15) is 0 Å². The molecule has 1 aromatic carbocycles. The standard InChI is InChI=1S/C17H29N3/c1-14-7-5-6-8-16(14)17(18-2)13-20(4)12-15-9-10-19(3)11-15/h5-8,15,17-18H,9-13H2,1-4H3. The first-order valence-corrected chi connectivity index (χ1v) is 7.70. The van der Waals surface area contributed by atoms with Gasteiger partial charge in [-0.1, -0.05) is 24.3 Å². The van der Waals surface area contributed by atoms with E-state index < -0.39 is 0 Å². The monoisotopic (exact) mass is 275 g/mol. The maximum atomic E-state index is 3.47. The first kappa shape index (κ1) is 15.5. The molecule has 20 heavy (non-hydrogen) atoms. The molecule has 1 aliphatic heterocycles. The molecule has 0 amide bonds. The Morgan fingerprint density at radius 2 is 2.15 bits per heavy atom. The van der Waals surface area contributed by atoms with Crippen molar-refractivity contribution in [1.82, 2.24) is 15.1 Å². The Labute approximate surface area is 124 Å². The van der Waals surface area contributed by atoms with E-state index in [1.54, 1.807) is 0 Å². The summed E-state index contributed by atoms with van der Waals surface area (Å²) in [6, 6.07) is 9.11. The number of nitrogens with one attached hydrogen (secondary N) is 1. The summed E-state index contributed by atoms with van der Waals surface area (Å²) in [5, 5.41) is 3.47. The zero-order valence-electron chi connectivity index (χ0n) is 13.4. The van der Waals surface area contributed by atoms with Crippen LogP contribution in [0.25, 0.3) is 0 Å². The van der Waals surface area contributed by atoms with Crippen molar-refractivity contribution in [2.75, 3.05) is 47.3 Å². The summed E-state index contributed by atoms with van der Waals surface area (Å²) in [4.78, 5) is 4.92. The molecular weight excluding hydrogens is 246 g/mol. The summed E-state index contributed by atoms with van der Waals surface area (Å²) in [6.07, 6.45) is 1.34. The van der Waals surface area contributed by atoms with Crippen molar-refractivity contribution in [2.24, 2.45) is 5.92 Å². The van der Waals surface area contributed by atoms with E-state index in [-0.39, 0.29) is 0 Å². The molecule has 0 radical (unpaired) electrons. The number of rotatable bonds is 6. The van der Waals surface area contributed by atoms with Gasteiger partial charge < -0.3 is 15.1 Å². The molecule has 3 nitrogen and oxygen atoms in total. The Hall–Kier alpha value is -0.900. The Morgan fingerprint density at radius 3 is 2.75 bits per heavy atom. The van der Waals surface area contributed by atoms with Crippen LogP contribution < -0.4 is 5.32 Å². The average molecular weight is 275 g/mol. The first-order chi connectivity index (χ1) is 9.60. The van der Waals surface area contributed by atoms with Gasteiger partial charge in [0.25, 0.3) is 0 Å². The molecule has 0 aliphatic carbocycles. The quantitative estimate of drug-likeness (QED) is 0.858. The molecule has 1 heterocycles. The predicted molar refractivity (Wildman–Crippen MR) is 86.1 cm³/mol. The number of hydrogen-bond donors (Lipinski definition) is 1. The highest BCUT2D eigenvalue weighted by Crippen LogP contribution is 2.20. The lowest BCUT2D eigenvalue weighted by Gasteiger charge is -2.27. The summed E-state index contributed by atoms with van der Waals surface area (Å²) in [7, 11) is 6.54. The highest BCUT2D eigenvalue weighted by molar-refractivity contribution is 5.28. The molecule has 2 atom stereocenters. The van der Waals surface area contributed by atoms with E-state index in [1.165, 1.54) is 37.2 Å². The van der Waals surface area contributed by atoms with Crippen molar-refractivity contribution in [3.05, 3.63) is 35.4 Å². The first-order valence-electron chi connectivity index (χ1n) is 7.70. The molecule has 3 heteroatoms. The van der Waals surface area contributed by atoms with E-state index >= 15 is 0 Å². The third-order valence-electron chi connectivity index (χ3n) is 4.47. The average Bonchev–Trinajstić information content (AvgIpc) is 2.82. The zero-order valence-corrected chi connectivity index (χ0v) is 13.4. The second-order valence-electron chi connectivity index (χ2n) is 6.34. The topological polar surface area (TPSA) is 18.5 Å². The molecule has 0 saturated carbocycles. The normalized spacial score (nSPS) is 21.6. The van der Waals surface area contributed by atoms with Crippen molar-refractivity contribution in [1.29, 1.82) is 0 Å². The van der Waals surface area contributed by atoms with Gasteiger partial charge in [-0.2, -0.15) is 0 Å². The van der Waals surface area contributed by atoms with Crippen LogP contribution in [0.15, 0.2) is 24.3 Å². The maximum Gasteiger partial charge on any atom is 0.0449 e. The number of aryl methyl sites for hydroxylation is 1. The van der Waals surface area contributed by atoms with Gasteiger partial charge in [-0.05, 0) is 58.1 Å². The molecule has 2 unspecified atom stereocenters. The summed E-state index contributed by atoms with van der Waals surface area (Å²) in [5.74, 6) is 0.833. The number of likely N-dealkylation sites (N-methyl/N-ethyl adjacent to an activating group) is 2. The van der Waals surface area contributed by atoms with Gasteiger partial charge in [0.1, 0.15) is 0 Å². The summed E-state index contributed by atoms with van der Waals surface area (Å²) in [6.45, 7) is 6.98. The maximum absolute atomic E-state index is 3.47. The molecule has 2 rings (SSSR count). The van der Waals surface area contributed by atoms with Crippen molar-refractivity contribution < 1.29 is 0 Å². The van der Waals surface area contributed by atoms with Crippen LogP contribution in [0.4, 0.5) is 0 Å². The van der Waals surface area contributed by atoms with E-state index in [4.69, 9.17) is 0 Å². The van der Waals surface area contributed by atoms with Gasteiger partial charge in [0, 0.05) is 25.7 Å². The smallest absolute Gasteiger partial charge is 0.0449 e. The van der Waals surface area contributed by atoms with Crippen molar-refractivity contribution in [2.45, 2.75) is 19.4 Å². The Bertz CT molecular complexity index is 418. The van der Waals surface area contributed by atoms with E-state index in [1.807, 2.05) is 0 Å². The Balaban J connectivity index is 1.91. The minimum absolute atomic E-state index is 0.417. The van der Waals surface area contributed by atoms with Crippen LogP contribution >= 0.6 is 0 Å². The van der Waals surface area contributed by atoms with Crippen molar-refractivity contribution in [3.63, 3.8) is 0 Å². The second-order valence-corrected chi connectivity index (χ2v) is 6.34. The number of likely N-dealkylation sites (tertiary alicyclic amines) is 1. The number of hydrogen-bond acceptors (Lipinski definition) is 3. The third-order valence-corrected chi connectivity index (χ3v) is 4.47. The molecule has 0 spiro atoms. The second kappa shape index (κ2) is 7.21. The fraction of sp³-hybridized carbons (Fsp3) is 0.647. The molecule has 1 aliphatic rings. The van der Waals surface area contributed by atoms with Gasteiger partial charge >= 0.3 is 0 Å². The van der Waals surface area contributed by atoms with Gasteiger partial charge in [0.2, 0.25) is 0 Å². The van der Waals surface area contributed by atoms with Crippen LogP contribution in [0.1, 0.15) is 23.6 Å². The van der Waals surface area contributed by atoms with Crippen molar-refractivity contribution in [3.8, 4) is 0 Å². The van der Waals surface area contributed by atoms with Crippen LogP contribution in [0, 0.1) is 12.8 Å². The SMILES string of the molecule is CNC(CN(C)CC1CCN(C)C1)c1ccccc1C. The summed E-state index contributed by atoms with van der Waals surface area (Å²) >= 11 is 0. The Kier molecular flexibility index (Phi) is 5.58. The molecule has 1 N–H and O–H groups in total. The van der Waals surface area contributed by atoms with Crippen LogP contribution in [-0.4, -0.2) is 57.1 Å². The fourth-order valence-electron chi connectivity index (χ4n) is 3.33. The van der Waals surface area contributed by atoms with E-state index in [0.717, 1.165) is 12.5 Å². The Morgan fingerprint density at radius 1 is 1.40 bits per heavy atom. The van der Waals surface area contributed by atoms with Crippen LogP contribution in [-0.2, 0) is 0 Å². The molecule has 112 valence electrons. The number of nitrogens with zero attached hydrogens (tertiary/aromatic N) is 2. The molecule has 1 fully saturated rings. The lowest BCUT2D eigenvalue weighted by molar-refractivity contribution is 0.250. The summed E-state index contributed by atoms with van der Waals surface area (Å²) in [5.41, 5.74) is 2.80. The van der Waals surface area contributed by atoms with E-state index in [0.29, 0.717) is 6.04 Å². The van der Waals surface area contributed by atoms with E-state index in [2.05, 4.69) is 67.4 Å². The molecule has 1 aromatic rings. The molecule has 0 bridgehead atoms. The fourth-order valence-corrected chi connectivity index (χ4v) is 3.33. The predicted octanol–water partition coefficient (Wildman–Crippen LogP) is 2.14. The third kappa shape index (κ3) is 4.05. The van der Waals surface area contributed by atoms with Crippen LogP contribution in [0.3, 0.4) is 0 Å². The van der Waals surface area contributed by atoms with Gasteiger partial charge in [0.15, 0.2) is 0 Å². The molecule has 0 aromatic heterocycles. The molecule has 1 saturated heterocycles.